The second-order valence-electron chi connectivity index (χ2n) is 6.72. The average molecular weight is 326 g/mol. The molecule has 0 bridgehead atoms. The highest BCUT2D eigenvalue weighted by Crippen LogP contribution is 2.42. The summed E-state index contributed by atoms with van der Waals surface area (Å²) in [5.74, 6) is 0.919. The monoisotopic (exact) mass is 326 g/mol. The lowest BCUT2D eigenvalue weighted by Crippen LogP contribution is -2.09. The van der Waals surface area contributed by atoms with Crippen molar-refractivity contribution < 1.29 is 4.74 Å². The highest BCUT2D eigenvalue weighted by molar-refractivity contribution is 6.01. The Hall–Kier alpha value is -3.07. The summed E-state index contributed by atoms with van der Waals surface area (Å²) in [6.07, 6.45) is 0. The molecule has 0 atom stereocenters. The van der Waals surface area contributed by atoms with E-state index in [0.717, 1.165) is 33.5 Å². The van der Waals surface area contributed by atoms with Gasteiger partial charge in [0.1, 0.15) is 12.4 Å². The van der Waals surface area contributed by atoms with Crippen LogP contribution in [0.15, 0.2) is 60.7 Å². The summed E-state index contributed by atoms with van der Waals surface area (Å²) in [6, 6.07) is 21.2. The van der Waals surface area contributed by atoms with Gasteiger partial charge in [0.05, 0.1) is 16.8 Å². The molecule has 0 saturated heterocycles. The highest BCUT2D eigenvalue weighted by atomic mass is 16.5. The Balaban J connectivity index is 1.81. The average Bonchev–Trinajstić information content (AvgIpc) is 2.65. The number of fused-ring (bicyclic) bond motifs is 6. The van der Waals surface area contributed by atoms with Crippen LogP contribution in [0.25, 0.3) is 32.9 Å². The third-order valence-electron chi connectivity index (χ3n) is 4.90. The maximum absolute atomic E-state index is 6.03. The van der Waals surface area contributed by atoms with Crippen molar-refractivity contribution in [1.29, 1.82) is 0 Å². The summed E-state index contributed by atoms with van der Waals surface area (Å²) in [4.78, 5) is 7.12. The quantitative estimate of drug-likeness (QED) is 0.491. The maximum atomic E-state index is 6.03. The molecule has 5 rings (SSSR count). The molecule has 1 aliphatic rings. The number of rotatable bonds is 1. The molecule has 0 radical (unpaired) electrons. The van der Waals surface area contributed by atoms with Crippen LogP contribution in [0.5, 0.6) is 5.75 Å². The van der Waals surface area contributed by atoms with Gasteiger partial charge in [0.25, 0.3) is 0 Å². The molecule has 2 heterocycles. The molecule has 1 aliphatic heterocycles. The fraction of sp³-hybridized carbons (Fsp3) is 0.136. The minimum atomic E-state index is 0.565. The fourth-order valence-electron chi connectivity index (χ4n) is 3.58. The molecule has 3 nitrogen and oxygen atoms in total. The van der Waals surface area contributed by atoms with Crippen LogP contribution < -0.4 is 9.64 Å². The van der Waals surface area contributed by atoms with Crippen LogP contribution in [0.1, 0.15) is 5.56 Å². The molecule has 3 heteroatoms. The van der Waals surface area contributed by atoms with Gasteiger partial charge in [-0.05, 0) is 41.1 Å². The molecule has 1 aromatic heterocycles. The maximum Gasteiger partial charge on any atom is 0.129 e. The van der Waals surface area contributed by atoms with Gasteiger partial charge in [-0.15, -0.1) is 0 Å². The first-order valence-corrected chi connectivity index (χ1v) is 8.47. The molecule has 0 fully saturated rings. The van der Waals surface area contributed by atoms with E-state index in [4.69, 9.17) is 9.72 Å². The molecular weight excluding hydrogens is 308 g/mol. The van der Waals surface area contributed by atoms with Crippen molar-refractivity contribution in [2.24, 2.45) is 0 Å². The van der Waals surface area contributed by atoms with Crippen LogP contribution in [0.2, 0.25) is 0 Å². The zero-order valence-corrected chi connectivity index (χ0v) is 14.3. The van der Waals surface area contributed by atoms with Crippen molar-refractivity contribution in [3.63, 3.8) is 0 Å². The number of aromatic nitrogens is 1. The standard InChI is InChI=1S/C22H18N2O/c1-24(2)17-8-9-19-15(12-17)11-16-13-25-20-10-7-14-5-3-4-6-18(14)21(20)22(16)23-19/h3-12H,13H2,1-2H3. The Morgan fingerprint density at radius 1 is 0.920 bits per heavy atom. The minimum Gasteiger partial charge on any atom is -0.488 e. The molecule has 0 aliphatic carbocycles. The molecule has 122 valence electrons. The molecule has 0 N–H and O–H groups in total. The van der Waals surface area contributed by atoms with E-state index in [9.17, 15) is 0 Å². The number of pyridine rings is 1. The molecule has 0 amide bonds. The van der Waals surface area contributed by atoms with E-state index in [2.05, 4.69) is 79.7 Å². The number of hydrogen-bond acceptors (Lipinski definition) is 3. The van der Waals surface area contributed by atoms with Crippen molar-refractivity contribution >= 4 is 27.4 Å². The summed E-state index contributed by atoms with van der Waals surface area (Å²) >= 11 is 0. The van der Waals surface area contributed by atoms with Crippen molar-refractivity contribution in [1.82, 2.24) is 4.98 Å². The highest BCUT2D eigenvalue weighted by Gasteiger charge is 2.22. The molecule has 0 unspecified atom stereocenters. The number of ether oxygens (including phenoxy) is 1. The zero-order valence-electron chi connectivity index (χ0n) is 14.3. The van der Waals surface area contributed by atoms with E-state index in [0.29, 0.717) is 6.61 Å². The Kier molecular flexibility index (Phi) is 2.98. The van der Waals surface area contributed by atoms with Crippen molar-refractivity contribution in [3.05, 3.63) is 66.2 Å². The minimum absolute atomic E-state index is 0.565. The Bertz CT molecular complexity index is 1130. The zero-order chi connectivity index (χ0) is 17.0. The Labute approximate surface area is 146 Å². The molecular formula is C22H18N2O. The molecule has 4 aromatic rings. The summed E-state index contributed by atoms with van der Waals surface area (Å²) in [6.45, 7) is 0.565. The lowest BCUT2D eigenvalue weighted by molar-refractivity contribution is 0.302. The molecule has 0 saturated carbocycles. The number of nitrogens with zero attached hydrogens (tertiary/aromatic N) is 2. The predicted molar refractivity (Wildman–Crippen MR) is 103 cm³/mol. The van der Waals surface area contributed by atoms with E-state index in [1.165, 1.54) is 16.5 Å². The van der Waals surface area contributed by atoms with Crippen molar-refractivity contribution in [2.45, 2.75) is 6.61 Å². The Morgan fingerprint density at radius 2 is 1.80 bits per heavy atom. The van der Waals surface area contributed by atoms with E-state index < -0.39 is 0 Å². The Morgan fingerprint density at radius 3 is 2.68 bits per heavy atom. The first-order valence-electron chi connectivity index (χ1n) is 8.47. The van der Waals surface area contributed by atoms with E-state index in [-0.39, 0.29) is 0 Å². The van der Waals surface area contributed by atoms with Crippen LogP contribution in [-0.4, -0.2) is 19.1 Å². The molecule has 25 heavy (non-hydrogen) atoms. The summed E-state index contributed by atoms with van der Waals surface area (Å²) in [7, 11) is 4.11. The first-order chi connectivity index (χ1) is 12.2. The van der Waals surface area contributed by atoms with Gasteiger partial charge in [-0.3, -0.25) is 0 Å². The van der Waals surface area contributed by atoms with Gasteiger partial charge in [-0.25, -0.2) is 4.98 Å². The third-order valence-corrected chi connectivity index (χ3v) is 4.90. The summed E-state index contributed by atoms with van der Waals surface area (Å²) in [5, 5.41) is 3.55. The van der Waals surface area contributed by atoms with Gasteiger partial charge in [0.2, 0.25) is 0 Å². The lowest BCUT2D eigenvalue weighted by Gasteiger charge is -2.22. The van der Waals surface area contributed by atoms with Gasteiger partial charge in [-0.1, -0.05) is 30.3 Å². The van der Waals surface area contributed by atoms with Crippen LogP contribution in [0.3, 0.4) is 0 Å². The molecule has 0 spiro atoms. The van der Waals surface area contributed by atoms with Crippen LogP contribution in [-0.2, 0) is 6.61 Å². The summed E-state index contributed by atoms with van der Waals surface area (Å²) in [5.41, 5.74) is 5.50. The fourth-order valence-corrected chi connectivity index (χ4v) is 3.58. The van der Waals surface area contributed by atoms with E-state index >= 15 is 0 Å². The van der Waals surface area contributed by atoms with Gasteiger partial charge >= 0.3 is 0 Å². The largest absolute Gasteiger partial charge is 0.488 e. The lowest BCUT2D eigenvalue weighted by atomic mass is 9.95. The van der Waals surface area contributed by atoms with Crippen LogP contribution in [0.4, 0.5) is 5.69 Å². The van der Waals surface area contributed by atoms with Gasteiger partial charge in [0.15, 0.2) is 0 Å². The van der Waals surface area contributed by atoms with E-state index in [1.54, 1.807) is 0 Å². The van der Waals surface area contributed by atoms with Crippen molar-refractivity contribution in [2.75, 3.05) is 19.0 Å². The van der Waals surface area contributed by atoms with Crippen molar-refractivity contribution in [3.8, 4) is 17.0 Å². The second kappa shape index (κ2) is 5.21. The van der Waals surface area contributed by atoms with Gasteiger partial charge in [0, 0.05) is 30.7 Å². The third kappa shape index (κ3) is 2.16. The SMILES string of the molecule is CN(C)c1ccc2nc3c(cc2c1)COc1ccc2ccccc2c1-3. The van der Waals surface area contributed by atoms with E-state index in [1.807, 2.05) is 0 Å². The number of hydrogen-bond donors (Lipinski definition) is 0. The normalized spacial score (nSPS) is 12.6. The number of anilines is 1. The number of benzene rings is 3. The topological polar surface area (TPSA) is 25.4 Å². The van der Waals surface area contributed by atoms with Crippen LogP contribution in [0, 0.1) is 0 Å². The van der Waals surface area contributed by atoms with Crippen LogP contribution >= 0.6 is 0 Å². The molecule has 3 aromatic carbocycles. The smallest absolute Gasteiger partial charge is 0.129 e. The predicted octanol–water partition coefficient (Wildman–Crippen LogP) is 5.01. The first kappa shape index (κ1) is 14.3. The summed E-state index contributed by atoms with van der Waals surface area (Å²) < 4.78 is 6.03. The van der Waals surface area contributed by atoms with Gasteiger partial charge < -0.3 is 9.64 Å². The van der Waals surface area contributed by atoms with Gasteiger partial charge in [-0.2, -0.15) is 0 Å². The second-order valence-corrected chi connectivity index (χ2v) is 6.72.